The lowest BCUT2D eigenvalue weighted by atomic mass is 10.0. The molecule has 19 heteroatoms. The number of hydrogen-bond acceptors (Lipinski definition) is 11. The lowest BCUT2D eigenvalue weighted by Gasteiger charge is -2.11. The Labute approximate surface area is 367 Å². The fourth-order valence-electron chi connectivity index (χ4n) is 6.24. The second kappa shape index (κ2) is 21.1. The highest BCUT2D eigenvalue weighted by Crippen LogP contribution is 2.32. The number of halogens is 3. The van der Waals surface area contributed by atoms with E-state index in [0.717, 1.165) is 6.07 Å². The van der Waals surface area contributed by atoms with Gasteiger partial charge in [0.1, 0.15) is 18.1 Å². The van der Waals surface area contributed by atoms with Gasteiger partial charge in [-0.15, -0.1) is 13.2 Å². The van der Waals surface area contributed by atoms with Crippen molar-refractivity contribution in [3.8, 4) is 11.5 Å². The summed E-state index contributed by atoms with van der Waals surface area (Å²) in [7, 11) is 0. The van der Waals surface area contributed by atoms with Crippen LogP contribution in [0.4, 0.5) is 24.5 Å². The highest BCUT2D eigenvalue weighted by atomic mass is 19.4. The highest BCUT2D eigenvalue weighted by Gasteiger charge is 2.30. The van der Waals surface area contributed by atoms with Gasteiger partial charge in [0.25, 0.3) is 17.7 Å². The summed E-state index contributed by atoms with van der Waals surface area (Å²) in [5.41, 5.74) is 1.36. The number of anilines is 1. The number of nitrogens with zero attached hydrogens (tertiary/aromatic N) is 2. The zero-order valence-electron chi connectivity index (χ0n) is 34.2. The molecule has 4 aromatic carbocycles. The first-order valence-electron chi connectivity index (χ1n) is 19.5. The van der Waals surface area contributed by atoms with Crippen LogP contribution in [-0.2, 0) is 25.7 Å². The van der Waals surface area contributed by atoms with E-state index in [1.807, 2.05) is 0 Å². The second-order valence-electron chi connectivity index (χ2n) is 13.8. The van der Waals surface area contributed by atoms with Crippen LogP contribution < -0.4 is 25.4 Å². The summed E-state index contributed by atoms with van der Waals surface area (Å²) >= 11 is 0. The number of fused-ring (bicyclic) bond motifs is 1. The number of ketones is 1. The van der Waals surface area contributed by atoms with Gasteiger partial charge < -0.3 is 44.4 Å². The van der Waals surface area contributed by atoms with Crippen molar-refractivity contribution in [2.45, 2.75) is 19.9 Å². The number of carboxylic acids is 1. The van der Waals surface area contributed by atoms with Crippen molar-refractivity contribution < 1.29 is 66.0 Å². The first kappa shape index (κ1) is 46.0. The van der Waals surface area contributed by atoms with E-state index in [-0.39, 0.29) is 83.5 Å². The number of nitrogens with one attached hydrogen (secondary N) is 3. The molecule has 3 amide bonds. The van der Waals surface area contributed by atoms with E-state index in [2.05, 4.69) is 25.7 Å². The molecule has 0 saturated carbocycles. The minimum Gasteiger partial charge on any atom is -0.484 e. The SMILES string of the molecule is Cc1c(NC(=O)c2cccc(OCC(=O)NCCNC(=O)COc3cccc(C(=O)O)c3)c2)c2ccccn2c1C(=O)c1ccc(/N=C\OC(F)(F)F)c(C(=O)OCc2ccccc2)c1. The van der Waals surface area contributed by atoms with Crippen molar-refractivity contribution in [3.05, 3.63) is 161 Å². The van der Waals surface area contributed by atoms with E-state index in [0.29, 0.717) is 16.6 Å². The average molecular weight is 894 g/mol. The molecule has 0 atom stereocenters. The molecule has 16 nitrogen and oxygen atoms in total. The number of alkyl halides is 3. The number of rotatable bonds is 19. The normalized spacial score (nSPS) is 11.1. The van der Waals surface area contributed by atoms with Gasteiger partial charge in [0.15, 0.2) is 19.6 Å². The molecule has 0 fully saturated rings. The lowest BCUT2D eigenvalue weighted by Crippen LogP contribution is -2.38. The van der Waals surface area contributed by atoms with E-state index < -0.39 is 48.4 Å². The van der Waals surface area contributed by atoms with Gasteiger partial charge in [-0.2, -0.15) is 0 Å². The summed E-state index contributed by atoms with van der Waals surface area (Å²) in [5.74, 6) is -3.90. The highest BCUT2D eigenvalue weighted by molar-refractivity contribution is 6.15. The summed E-state index contributed by atoms with van der Waals surface area (Å²) in [4.78, 5) is 80.6. The van der Waals surface area contributed by atoms with Crippen molar-refractivity contribution in [1.82, 2.24) is 15.0 Å². The van der Waals surface area contributed by atoms with Gasteiger partial charge in [-0.25, -0.2) is 14.6 Å². The lowest BCUT2D eigenvalue weighted by molar-refractivity contribution is -0.280. The number of hydrogen-bond donors (Lipinski definition) is 4. The molecular formula is C46H38F3N5O11. The Hall–Kier alpha value is -8.48. The second-order valence-corrected chi connectivity index (χ2v) is 13.8. The van der Waals surface area contributed by atoms with Crippen molar-refractivity contribution >= 4 is 58.7 Å². The number of carboxylic acid groups (broad SMARTS) is 1. The van der Waals surface area contributed by atoms with Crippen LogP contribution in [0, 0.1) is 6.92 Å². The molecule has 334 valence electrons. The molecule has 65 heavy (non-hydrogen) atoms. The van der Waals surface area contributed by atoms with Gasteiger partial charge in [-0.05, 0) is 79.2 Å². The first-order valence-corrected chi connectivity index (χ1v) is 19.5. The van der Waals surface area contributed by atoms with Gasteiger partial charge in [-0.3, -0.25) is 19.2 Å². The maximum absolute atomic E-state index is 14.3. The Bertz CT molecular complexity index is 2770. The summed E-state index contributed by atoms with van der Waals surface area (Å²) in [6.45, 7) is 0.771. The molecule has 4 N–H and O–H groups in total. The summed E-state index contributed by atoms with van der Waals surface area (Å²) in [6, 6.07) is 29.0. The van der Waals surface area contributed by atoms with E-state index in [1.54, 1.807) is 72.1 Å². The Kier molecular flexibility index (Phi) is 14.9. The Morgan fingerprint density at radius 1 is 0.738 bits per heavy atom. The Morgan fingerprint density at radius 2 is 1.37 bits per heavy atom. The van der Waals surface area contributed by atoms with Crippen LogP contribution in [0.1, 0.15) is 58.3 Å². The molecule has 0 spiro atoms. The maximum atomic E-state index is 14.3. The molecule has 6 rings (SSSR count). The van der Waals surface area contributed by atoms with Crippen LogP contribution in [0.5, 0.6) is 11.5 Å². The summed E-state index contributed by atoms with van der Waals surface area (Å²) in [6.07, 6.45) is -3.30. The monoisotopic (exact) mass is 893 g/mol. The quantitative estimate of drug-likeness (QED) is 0.0222. The standard InChI is InChI=1S/C46H38F3N5O11/c1-28-40(53-43(58)31-11-7-13-33(21-31)62-25-38(55)50-18-19-51-39(56)26-63-34-14-8-12-32(22-34)44(59)60)37-15-5-6-20-54(37)41(28)42(57)30-16-17-36(52-27-65-46(47,48)49)35(23-30)45(61)64-24-29-9-3-2-4-10-29/h2-17,20-23,27H,18-19,24-26H2,1H3,(H,50,55)(H,51,56)(H,53,58)(H,59,60)/b52-27-. The van der Waals surface area contributed by atoms with E-state index in [4.69, 9.17) is 19.3 Å². The first-order chi connectivity index (χ1) is 31.2. The van der Waals surface area contributed by atoms with Gasteiger partial charge in [0, 0.05) is 36.0 Å². The number of pyridine rings is 1. The number of ether oxygens (including phenoxy) is 4. The molecule has 0 saturated heterocycles. The Morgan fingerprint density at radius 3 is 2.02 bits per heavy atom. The molecule has 0 aliphatic heterocycles. The molecule has 0 radical (unpaired) electrons. The van der Waals surface area contributed by atoms with Gasteiger partial charge in [0.05, 0.1) is 33.7 Å². The number of esters is 1. The molecule has 2 aromatic heterocycles. The molecule has 0 bridgehead atoms. The average Bonchev–Trinajstić information content (AvgIpc) is 3.57. The zero-order chi connectivity index (χ0) is 46.5. The van der Waals surface area contributed by atoms with E-state index in [1.165, 1.54) is 54.6 Å². The molecule has 0 unspecified atom stereocenters. The maximum Gasteiger partial charge on any atom is 0.573 e. The third-order valence-electron chi connectivity index (χ3n) is 9.30. The van der Waals surface area contributed by atoms with Crippen molar-refractivity contribution in [3.63, 3.8) is 0 Å². The third kappa shape index (κ3) is 12.6. The van der Waals surface area contributed by atoms with Crippen molar-refractivity contribution in [1.29, 1.82) is 0 Å². The predicted octanol–water partition coefficient (Wildman–Crippen LogP) is 6.67. The van der Waals surface area contributed by atoms with Gasteiger partial charge in [-0.1, -0.05) is 48.5 Å². The van der Waals surface area contributed by atoms with E-state index >= 15 is 0 Å². The number of benzene rings is 4. The third-order valence-corrected chi connectivity index (χ3v) is 9.30. The van der Waals surface area contributed by atoms with Crippen LogP contribution in [0.25, 0.3) is 5.52 Å². The summed E-state index contributed by atoms with van der Waals surface area (Å²) < 4.78 is 59.7. The Balaban J connectivity index is 1.09. The molecule has 2 heterocycles. The van der Waals surface area contributed by atoms with Gasteiger partial charge in [0.2, 0.25) is 5.78 Å². The zero-order valence-corrected chi connectivity index (χ0v) is 34.2. The fraction of sp³-hybridized carbons (Fsp3) is 0.152. The molecule has 0 aliphatic carbocycles. The minimum absolute atomic E-state index is 0.00827. The fourth-order valence-corrected chi connectivity index (χ4v) is 6.24. The van der Waals surface area contributed by atoms with Crippen LogP contribution in [0.2, 0.25) is 0 Å². The van der Waals surface area contributed by atoms with Crippen LogP contribution in [0.15, 0.2) is 126 Å². The number of aromatic carboxylic acids is 1. The van der Waals surface area contributed by atoms with Crippen LogP contribution in [-0.4, -0.2) is 84.0 Å². The molecule has 6 aromatic rings. The van der Waals surface area contributed by atoms with Crippen LogP contribution in [0.3, 0.4) is 0 Å². The minimum atomic E-state index is -5.03. The number of amides is 3. The molecule has 0 aliphatic rings. The number of carbonyl (C=O) groups is 6. The number of aliphatic imine (C=N–C) groups is 1. The largest absolute Gasteiger partial charge is 0.573 e. The number of carbonyl (C=O) groups excluding carboxylic acids is 5. The molecular weight excluding hydrogens is 856 g/mol. The van der Waals surface area contributed by atoms with E-state index in [9.17, 15) is 41.9 Å². The van der Waals surface area contributed by atoms with Crippen LogP contribution >= 0.6 is 0 Å². The number of aromatic nitrogens is 1. The summed E-state index contributed by atoms with van der Waals surface area (Å²) in [5, 5.41) is 17.1. The predicted molar refractivity (Wildman–Crippen MR) is 228 cm³/mol. The van der Waals surface area contributed by atoms with Crippen molar-refractivity contribution in [2.75, 3.05) is 31.6 Å². The van der Waals surface area contributed by atoms with Crippen molar-refractivity contribution in [2.24, 2.45) is 4.99 Å². The van der Waals surface area contributed by atoms with Gasteiger partial charge >= 0.3 is 18.3 Å². The topological polar surface area (TPSA) is 212 Å². The smallest absolute Gasteiger partial charge is 0.484 e.